The van der Waals surface area contributed by atoms with E-state index in [1.165, 1.54) is 0 Å². The lowest BCUT2D eigenvalue weighted by molar-refractivity contribution is 0.539. The van der Waals surface area contributed by atoms with Crippen LogP contribution in [0.4, 0.5) is 0 Å². The fourth-order valence-corrected chi connectivity index (χ4v) is 7.50. The van der Waals surface area contributed by atoms with Gasteiger partial charge in [0.2, 0.25) is 10.0 Å². The number of aryl methyl sites for hydroxylation is 2. The first-order chi connectivity index (χ1) is 16.3. The van der Waals surface area contributed by atoms with Crippen LogP contribution in [0.1, 0.15) is 33.4 Å². The molecule has 5 heteroatoms. The van der Waals surface area contributed by atoms with Gasteiger partial charge in [-0.15, -0.1) is 0 Å². The van der Waals surface area contributed by atoms with E-state index in [0.717, 1.165) is 42.5 Å². The van der Waals surface area contributed by atoms with Crippen LogP contribution in [0, 0.1) is 13.8 Å². The topological polar surface area (TPSA) is 46.2 Å². The zero-order chi connectivity index (χ0) is 23.9. The molecule has 0 bridgehead atoms. The summed E-state index contributed by atoms with van der Waals surface area (Å²) in [6, 6.07) is 33.3. The molecule has 0 aliphatic heterocycles. The largest absolute Gasteiger partial charge is 0.241 e. The number of sulfonamides is 1. The first kappa shape index (κ1) is 23.0. The van der Waals surface area contributed by atoms with Crippen LogP contribution in [0.25, 0.3) is 5.57 Å². The lowest BCUT2D eigenvalue weighted by Crippen LogP contribution is -2.46. The predicted octanol–water partition coefficient (Wildman–Crippen LogP) is 6.73. The van der Waals surface area contributed by atoms with Crippen LogP contribution >= 0.6 is 22.6 Å². The van der Waals surface area contributed by atoms with E-state index in [9.17, 15) is 8.42 Å². The maximum Gasteiger partial charge on any atom is 0.241 e. The molecule has 4 aromatic carbocycles. The lowest BCUT2D eigenvalue weighted by atomic mass is 9.85. The summed E-state index contributed by atoms with van der Waals surface area (Å²) in [7, 11) is -3.85. The zero-order valence-corrected chi connectivity index (χ0v) is 21.9. The quantitative estimate of drug-likeness (QED) is 0.268. The van der Waals surface area contributed by atoms with Crippen LogP contribution in [0.2, 0.25) is 0 Å². The van der Waals surface area contributed by atoms with E-state index >= 15 is 0 Å². The number of rotatable bonds is 5. The number of halogens is 1. The van der Waals surface area contributed by atoms with Crippen LogP contribution in [-0.4, -0.2) is 8.42 Å². The molecule has 1 aliphatic carbocycles. The summed E-state index contributed by atoms with van der Waals surface area (Å²) < 4.78 is 31.7. The zero-order valence-electron chi connectivity index (χ0n) is 18.9. The Morgan fingerprint density at radius 2 is 1.41 bits per heavy atom. The molecular weight excluding hydrogens is 553 g/mol. The van der Waals surface area contributed by atoms with Gasteiger partial charge >= 0.3 is 0 Å². The molecule has 0 fully saturated rings. The Bertz CT molecular complexity index is 1510. The van der Waals surface area contributed by atoms with Crippen molar-refractivity contribution in [3.63, 3.8) is 0 Å². The Morgan fingerprint density at radius 1 is 0.735 bits per heavy atom. The van der Waals surface area contributed by atoms with Crippen molar-refractivity contribution in [3.05, 3.63) is 140 Å². The molecular formula is C29H24INO2S. The third-order valence-electron chi connectivity index (χ3n) is 6.28. The highest BCUT2D eigenvalue weighted by atomic mass is 127. The van der Waals surface area contributed by atoms with Crippen molar-refractivity contribution >= 4 is 38.2 Å². The summed E-state index contributed by atoms with van der Waals surface area (Å²) in [5, 5.41) is 0. The van der Waals surface area contributed by atoms with Crippen LogP contribution in [0.15, 0.2) is 112 Å². The van der Waals surface area contributed by atoms with Crippen molar-refractivity contribution in [2.75, 3.05) is 0 Å². The molecule has 1 N–H and O–H groups in total. The van der Waals surface area contributed by atoms with Crippen molar-refractivity contribution in [3.8, 4) is 0 Å². The maximum atomic E-state index is 13.8. The summed E-state index contributed by atoms with van der Waals surface area (Å²) in [6.07, 6.45) is 0. The molecule has 1 atom stereocenters. The average Bonchev–Trinajstić information content (AvgIpc) is 3.08. The fourth-order valence-electron chi connectivity index (χ4n) is 4.64. The van der Waals surface area contributed by atoms with Crippen LogP contribution in [0.5, 0.6) is 0 Å². The van der Waals surface area contributed by atoms with Gasteiger partial charge in [0, 0.05) is 9.15 Å². The van der Waals surface area contributed by atoms with Crippen LogP contribution < -0.4 is 4.72 Å². The minimum Gasteiger partial charge on any atom is -0.207 e. The van der Waals surface area contributed by atoms with E-state index in [2.05, 4.69) is 51.6 Å². The van der Waals surface area contributed by atoms with Gasteiger partial charge in [-0.25, -0.2) is 8.42 Å². The molecule has 0 radical (unpaired) electrons. The second-order valence-corrected chi connectivity index (χ2v) is 11.4. The van der Waals surface area contributed by atoms with E-state index < -0.39 is 15.6 Å². The van der Waals surface area contributed by atoms with Gasteiger partial charge in [-0.3, -0.25) is 0 Å². The van der Waals surface area contributed by atoms with Crippen molar-refractivity contribution in [1.82, 2.24) is 4.72 Å². The number of nitrogens with one attached hydrogen (secondary N) is 1. The second kappa shape index (κ2) is 8.80. The molecule has 0 saturated heterocycles. The van der Waals surface area contributed by atoms with Gasteiger partial charge in [0.05, 0.1) is 4.90 Å². The number of hydrogen-bond acceptors (Lipinski definition) is 2. The molecule has 0 heterocycles. The van der Waals surface area contributed by atoms with Crippen LogP contribution in [0.3, 0.4) is 0 Å². The van der Waals surface area contributed by atoms with Gasteiger partial charge in [-0.1, -0.05) is 102 Å². The predicted molar refractivity (Wildman–Crippen MR) is 146 cm³/mol. The summed E-state index contributed by atoms with van der Waals surface area (Å²) in [5.41, 5.74) is 6.00. The summed E-state index contributed by atoms with van der Waals surface area (Å²) >= 11 is 2.34. The normalized spacial score (nSPS) is 17.6. The van der Waals surface area contributed by atoms with Crippen molar-refractivity contribution in [1.29, 1.82) is 0 Å². The van der Waals surface area contributed by atoms with Gasteiger partial charge in [0.25, 0.3) is 0 Å². The van der Waals surface area contributed by atoms with Crippen LogP contribution in [-0.2, 0) is 15.6 Å². The van der Waals surface area contributed by atoms with E-state index in [1.807, 2.05) is 80.6 Å². The van der Waals surface area contributed by atoms with Gasteiger partial charge < -0.3 is 0 Å². The summed E-state index contributed by atoms with van der Waals surface area (Å²) in [4.78, 5) is 0.250. The third kappa shape index (κ3) is 3.82. The minimum atomic E-state index is -3.85. The fraction of sp³-hybridized carbons (Fsp3) is 0.103. The molecule has 1 aliphatic rings. The second-order valence-electron chi connectivity index (χ2n) is 8.64. The SMILES string of the molecule is Cc1ccc(S(=O)(=O)NC2(c3cccc(C)c3)C(I)=C(c3ccccc3)c3ccccc32)cc1. The summed E-state index contributed by atoms with van der Waals surface area (Å²) in [5.74, 6) is 0. The first-order valence-electron chi connectivity index (χ1n) is 11.1. The highest BCUT2D eigenvalue weighted by molar-refractivity contribution is 14.1. The van der Waals surface area contributed by atoms with E-state index in [0.29, 0.717) is 0 Å². The number of benzene rings is 4. The molecule has 0 aromatic heterocycles. The highest BCUT2D eigenvalue weighted by Crippen LogP contribution is 2.54. The Balaban J connectivity index is 1.82. The monoisotopic (exact) mass is 577 g/mol. The van der Waals surface area contributed by atoms with E-state index in [-0.39, 0.29) is 4.90 Å². The Labute approximate surface area is 214 Å². The molecule has 1 unspecified atom stereocenters. The molecule has 34 heavy (non-hydrogen) atoms. The number of hydrogen-bond donors (Lipinski definition) is 1. The first-order valence-corrected chi connectivity index (χ1v) is 13.6. The smallest absolute Gasteiger partial charge is 0.207 e. The van der Waals surface area contributed by atoms with Crippen molar-refractivity contribution in [2.45, 2.75) is 24.3 Å². The molecule has 0 amide bonds. The minimum absolute atomic E-state index is 0.250. The number of fused-ring (bicyclic) bond motifs is 1. The van der Waals surface area contributed by atoms with Gasteiger partial charge in [-0.05, 0) is 70.8 Å². The Kier molecular flexibility index (Phi) is 5.96. The Hall–Kier alpha value is -2.74. The molecule has 0 spiro atoms. The van der Waals surface area contributed by atoms with Gasteiger partial charge in [-0.2, -0.15) is 4.72 Å². The van der Waals surface area contributed by atoms with Gasteiger partial charge in [0.1, 0.15) is 5.54 Å². The van der Waals surface area contributed by atoms with Crippen molar-refractivity contribution in [2.24, 2.45) is 0 Å². The van der Waals surface area contributed by atoms with E-state index in [1.54, 1.807) is 12.1 Å². The summed E-state index contributed by atoms with van der Waals surface area (Å²) in [6.45, 7) is 3.98. The Morgan fingerprint density at radius 3 is 2.12 bits per heavy atom. The third-order valence-corrected chi connectivity index (χ3v) is 9.10. The standard InChI is InChI=1S/C29H24INO2S/c1-20-15-17-24(18-16-20)34(32,33)31-29(23-12-8-9-21(2)19-23)26-14-7-6-13-25(26)27(28(29)30)22-10-4-3-5-11-22/h3-19,31H,1-2H3. The maximum absolute atomic E-state index is 13.8. The van der Waals surface area contributed by atoms with Crippen molar-refractivity contribution < 1.29 is 8.42 Å². The lowest BCUT2D eigenvalue weighted by Gasteiger charge is -2.33. The molecule has 5 rings (SSSR count). The van der Waals surface area contributed by atoms with Gasteiger partial charge in [0.15, 0.2) is 0 Å². The highest BCUT2D eigenvalue weighted by Gasteiger charge is 2.48. The molecule has 170 valence electrons. The molecule has 0 saturated carbocycles. The average molecular weight is 577 g/mol. The van der Waals surface area contributed by atoms with E-state index in [4.69, 9.17) is 0 Å². The molecule has 3 nitrogen and oxygen atoms in total. The molecule has 4 aromatic rings.